The van der Waals surface area contributed by atoms with Crippen LogP contribution in [-0.2, 0) is 31.1 Å². The molecule has 14 nitrogen and oxygen atoms in total. The highest BCUT2D eigenvalue weighted by atomic mass is 16.6. The quantitative estimate of drug-likeness (QED) is 0.0849. The first-order valence-corrected chi connectivity index (χ1v) is 19.9. The van der Waals surface area contributed by atoms with E-state index in [1.54, 1.807) is 30.3 Å². The molecule has 0 bridgehead atoms. The number of aliphatic hydroxyl groups is 1. The van der Waals surface area contributed by atoms with Crippen molar-refractivity contribution in [3.63, 3.8) is 0 Å². The number of rotatable bonds is 10. The van der Waals surface area contributed by atoms with E-state index in [-0.39, 0.29) is 26.3 Å². The van der Waals surface area contributed by atoms with Crippen molar-refractivity contribution in [1.82, 2.24) is 25.5 Å². The van der Waals surface area contributed by atoms with Gasteiger partial charge in [0.2, 0.25) is 11.8 Å². The minimum Gasteiger partial charge on any atom is -0.491 e. The third kappa shape index (κ3) is 6.99. The third-order valence-electron chi connectivity index (χ3n) is 11.6. The van der Waals surface area contributed by atoms with Crippen LogP contribution in [0.15, 0.2) is 127 Å². The largest absolute Gasteiger partial charge is 0.491 e. The summed E-state index contributed by atoms with van der Waals surface area (Å²) in [5, 5.41) is 18.1. The van der Waals surface area contributed by atoms with Crippen LogP contribution in [0.5, 0.6) is 5.75 Å². The van der Waals surface area contributed by atoms with Crippen molar-refractivity contribution in [2.75, 3.05) is 25.1 Å². The summed E-state index contributed by atoms with van der Waals surface area (Å²) >= 11 is 0. The number of morpholine rings is 1. The van der Waals surface area contributed by atoms with Gasteiger partial charge in [0.25, 0.3) is 0 Å². The van der Waals surface area contributed by atoms with Crippen LogP contribution in [-0.4, -0.2) is 69.6 Å². The second kappa shape index (κ2) is 16.3. The standard InChI is InChI=1S/C47H41N7O7/c48-46(59)49-23-9-10-28-17-22-34-33(26-28)47(45(58)53-34)38(43(56)50-27-37-51-35-15-7-8-16-36(35)52-37)40-44(57)61-41(30-13-5-2-6-14-30)39(29-11-3-1-4-12-29)54(40)42(47)31-18-20-32(21-19-31)60-25-24-55/h1-8,11-22,26,38-42,55H,23-25,27H2,(H,50,56)(H,51,52)(H,53,58)(H3,48,49,59)/t38-,39-,40-,41+,42+,47-/m1/s1. The highest BCUT2D eigenvalue weighted by molar-refractivity contribution is 6.12. The van der Waals surface area contributed by atoms with Crippen LogP contribution >= 0.6 is 0 Å². The molecule has 2 fully saturated rings. The lowest BCUT2D eigenvalue weighted by atomic mass is 9.65. The smallest absolute Gasteiger partial charge is 0.324 e. The normalized spacial score (nSPS) is 22.7. The number of hydrogen-bond donors (Lipinski definition) is 6. The molecule has 0 unspecified atom stereocenters. The summed E-state index contributed by atoms with van der Waals surface area (Å²) in [4.78, 5) is 67.1. The Morgan fingerprint density at radius 1 is 0.869 bits per heavy atom. The van der Waals surface area contributed by atoms with Crippen molar-refractivity contribution >= 4 is 40.5 Å². The number of ether oxygens (including phenoxy) is 2. The molecule has 0 aliphatic carbocycles. The number of para-hydroxylation sites is 2. The molecular formula is C47H41N7O7. The van der Waals surface area contributed by atoms with Gasteiger partial charge in [0.15, 0.2) is 0 Å². The zero-order valence-corrected chi connectivity index (χ0v) is 32.7. The van der Waals surface area contributed by atoms with Crippen LogP contribution in [0.3, 0.4) is 0 Å². The summed E-state index contributed by atoms with van der Waals surface area (Å²) in [5.74, 6) is 3.87. The molecular weight excluding hydrogens is 775 g/mol. The number of carbonyl (C=O) groups is 4. The van der Waals surface area contributed by atoms with Crippen LogP contribution in [0, 0.1) is 17.8 Å². The number of imidazole rings is 1. The molecule has 1 spiro atoms. The number of benzene rings is 5. The van der Waals surface area contributed by atoms with E-state index in [4.69, 9.17) is 15.2 Å². The average molecular weight is 816 g/mol. The molecule has 6 atom stereocenters. The Bertz CT molecular complexity index is 2660. The van der Waals surface area contributed by atoms with E-state index in [9.17, 15) is 9.90 Å². The Hall–Kier alpha value is -7.47. The number of carbonyl (C=O) groups excluding carboxylic acids is 4. The van der Waals surface area contributed by atoms with Crippen LogP contribution in [0.2, 0.25) is 0 Å². The van der Waals surface area contributed by atoms with Crippen molar-refractivity contribution in [1.29, 1.82) is 0 Å². The van der Waals surface area contributed by atoms with Gasteiger partial charge in [-0.15, -0.1) is 0 Å². The Morgan fingerprint density at radius 2 is 1.59 bits per heavy atom. The molecule has 2 saturated heterocycles. The second-order valence-electron chi connectivity index (χ2n) is 15.1. The van der Waals surface area contributed by atoms with Crippen LogP contribution in [0.25, 0.3) is 11.0 Å². The number of primary amides is 1. The number of aromatic nitrogens is 2. The number of nitrogens with one attached hydrogen (secondary N) is 4. The fourth-order valence-corrected chi connectivity index (χ4v) is 9.23. The molecule has 9 rings (SSSR count). The number of nitrogens with two attached hydrogens (primary N) is 1. The fourth-order valence-electron chi connectivity index (χ4n) is 9.23. The first kappa shape index (κ1) is 39.0. The van der Waals surface area contributed by atoms with Gasteiger partial charge in [0.1, 0.15) is 35.7 Å². The maximum absolute atomic E-state index is 15.4. The van der Waals surface area contributed by atoms with E-state index in [1.807, 2.05) is 102 Å². The monoisotopic (exact) mass is 815 g/mol. The molecule has 3 aliphatic heterocycles. The van der Waals surface area contributed by atoms with Crippen molar-refractivity contribution in [3.8, 4) is 17.6 Å². The van der Waals surface area contributed by atoms with Gasteiger partial charge in [-0.2, -0.15) is 0 Å². The van der Waals surface area contributed by atoms with Crippen LogP contribution < -0.4 is 26.4 Å². The SMILES string of the molecule is NC(=O)NCC#Cc1ccc2c(c1)[C@]1(C(=O)N2)[C@H](c2ccc(OCCO)cc2)N2[C@H](c3ccccc3)[C@H](c3ccccc3)OC(=O)[C@H]2[C@@H]1C(=O)NCc1nc2ccccc2[nH]1. The van der Waals surface area contributed by atoms with Crippen molar-refractivity contribution in [2.24, 2.45) is 11.7 Å². The van der Waals surface area contributed by atoms with Gasteiger partial charge in [0.05, 0.1) is 48.7 Å². The number of cyclic esters (lactones) is 1. The van der Waals surface area contributed by atoms with Gasteiger partial charge < -0.3 is 41.2 Å². The predicted molar refractivity (Wildman–Crippen MR) is 224 cm³/mol. The number of aliphatic hydroxyl groups excluding tert-OH is 1. The van der Waals surface area contributed by atoms with Crippen LogP contribution in [0.1, 0.15) is 51.8 Å². The van der Waals surface area contributed by atoms with Gasteiger partial charge in [-0.3, -0.25) is 19.3 Å². The number of urea groups is 1. The Morgan fingerprint density at radius 3 is 2.31 bits per heavy atom. The van der Waals surface area contributed by atoms with E-state index in [0.29, 0.717) is 34.0 Å². The van der Waals surface area contributed by atoms with Gasteiger partial charge in [-0.1, -0.05) is 96.8 Å². The molecule has 5 aromatic carbocycles. The van der Waals surface area contributed by atoms with E-state index in [1.165, 1.54) is 0 Å². The number of H-pyrrole nitrogens is 1. The van der Waals surface area contributed by atoms with Gasteiger partial charge in [-0.25, -0.2) is 9.78 Å². The highest BCUT2D eigenvalue weighted by Gasteiger charge is 2.74. The lowest BCUT2D eigenvalue weighted by Crippen LogP contribution is -2.54. The van der Waals surface area contributed by atoms with E-state index >= 15 is 14.4 Å². The number of esters is 1. The summed E-state index contributed by atoms with van der Waals surface area (Å²) in [6.07, 6.45) is -0.838. The molecule has 1 aromatic heterocycles. The van der Waals surface area contributed by atoms with Gasteiger partial charge in [0, 0.05) is 11.3 Å². The minimum atomic E-state index is -1.76. The maximum atomic E-state index is 15.4. The van der Waals surface area contributed by atoms with E-state index in [2.05, 4.69) is 37.8 Å². The number of fused-ring (bicyclic) bond motifs is 4. The molecule has 0 saturated carbocycles. The van der Waals surface area contributed by atoms with Gasteiger partial charge >= 0.3 is 12.0 Å². The summed E-state index contributed by atoms with van der Waals surface area (Å²) < 4.78 is 12.2. The average Bonchev–Trinajstić information content (AvgIpc) is 3.94. The molecule has 4 amide bonds. The van der Waals surface area contributed by atoms with Crippen LogP contribution in [0.4, 0.5) is 10.5 Å². The number of amides is 4. The summed E-state index contributed by atoms with van der Waals surface area (Å²) in [5.41, 5.74) is 8.61. The first-order chi connectivity index (χ1) is 29.8. The molecule has 14 heteroatoms. The number of hydrogen-bond acceptors (Lipinski definition) is 9. The molecule has 3 aliphatic rings. The maximum Gasteiger partial charge on any atom is 0.324 e. The van der Waals surface area contributed by atoms with Crippen molar-refractivity contribution in [3.05, 3.63) is 161 Å². The molecule has 306 valence electrons. The molecule has 0 radical (unpaired) electrons. The zero-order chi connectivity index (χ0) is 42.1. The summed E-state index contributed by atoms with van der Waals surface area (Å²) in [6, 6.07) is 35.3. The van der Waals surface area contributed by atoms with E-state index in [0.717, 1.165) is 22.2 Å². The summed E-state index contributed by atoms with van der Waals surface area (Å²) in [6.45, 7) is -0.152. The molecule has 7 N–H and O–H groups in total. The number of aromatic amines is 1. The Labute approximate surface area is 350 Å². The molecule has 6 aromatic rings. The fraction of sp³-hybridized carbons (Fsp3) is 0.213. The predicted octanol–water partition coefficient (Wildman–Crippen LogP) is 4.54. The Balaban J connectivity index is 1.27. The first-order valence-electron chi connectivity index (χ1n) is 19.9. The lowest BCUT2D eigenvalue weighted by molar-refractivity contribution is -0.178. The summed E-state index contributed by atoms with van der Waals surface area (Å²) in [7, 11) is 0. The number of nitrogens with zero attached hydrogens (tertiary/aromatic N) is 2. The highest BCUT2D eigenvalue weighted by Crippen LogP contribution is 2.64. The third-order valence-corrected chi connectivity index (χ3v) is 11.6. The topological polar surface area (TPSA) is 201 Å². The van der Waals surface area contributed by atoms with Crippen molar-refractivity contribution < 1.29 is 33.8 Å². The molecule has 4 heterocycles. The lowest BCUT2D eigenvalue weighted by Gasteiger charge is -2.46. The molecule has 61 heavy (non-hydrogen) atoms. The zero-order valence-electron chi connectivity index (χ0n) is 32.7. The van der Waals surface area contributed by atoms with Gasteiger partial charge in [-0.05, 0) is 64.7 Å². The second-order valence-corrected chi connectivity index (χ2v) is 15.1. The Kier molecular flexibility index (Phi) is 10.4. The van der Waals surface area contributed by atoms with E-state index < -0.39 is 59.4 Å². The number of anilines is 1. The minimum absolute atomic E-state index is 0.0176. The van der Waals surface area contributed by atoms with Crippen molar-refractivity contribution in [2.45, 2.75) is 36.2 Å².